The molecule has 96 valence electrons. The molecular formula is C10H18F3NO2. The molecule has 0 N–H and O–H groups in total. The average molecular weight is 241 g/mol. The lowest BCUT2D eigenvalue weighted by Gasteiger charge is -2.25. The van der Waals surface area contributed by atoms with Crippen molar-refractivity contribution >= 4 is 5.91 Å². The normalized spacial score (nSPS) is 12.7. The maximum Gasteiger partial charge on any atom is 0.406 e. The van der Waals surface area contributed by atoms with Crippen molar-refractivity contribution in [2.75, 3.05) is 19.7 Å². The highest BCUT2D eigenvalue weighted by Gasteiger charge is 2.32. The second kappa shape index (κ2) is 5.52. The zero-order valence-electron chi connectivity index (χ0n) is 10.0. The molecule has 0 aliphatic rings. The number of nitrogens with zero attached hydrogens (tertiary/aromatic N) is 1. The molecule has 0 atom stereocenters. The van der Waals surface area contributed by atoms with Crippen LogP contribution in [0.25, 0.3) is 0 Å². The van der Waals surface area contributed by atoms with Gasteiger partial charge in [0, 0.05) is 6.54 Å². The fourth-order valence-corrected chi connectivity index (χ4v) is 0.962. The summed E-state index contributed by atoms with van der Waals surface area (Å²) in [5.41, 5.74) is -0.534. The molecule has 16 heavy (non-hydrogen) atoms. The maximum atomic E-state index is 12.1. The monoisotopic (exact) mass is 241 g/mol. The lowest BCUT2D eigenvalue weighted by atomic mass is 10.2. The first-order valence-corrected chi connectivity index (χ1v) is 5.03. The Labute approximate surface area is 93.6 Å². The van der Waals surface area contributed by atoms with E-state index in [4.69, 9.17) is 4.74 Å². The van der Waals surface area contributed by atoms with Gasteiger partial charge in [-0.05, 0) is 27.7 Å². The van der Waals surface area contributed by atoms with E-state index in [9.17, 15) is 18.0 Å². The second-order valence-corrected chi connectivity index (χ2v) is 4.42. The summed E-state index contributed by atoms with van der Waals surface area (Å²) in [5.74, 6) is -0.644. The highest BCUT2D eigenvalue weighted by atomic mass is 19.4. The van der Waals surface area contributed by atoms with Crippen LogP contribution in [-0.2, 0) is 9.53 Å². The van der Waals surface area contributed by atoms with Crippen LogP contribution < -0.4 is 0 Å². The fraction of sp³-hybridized carbons (Fsp3) is 0.900. The summed E-state index contributed by atoms with van der Waals surface area (Å²) in [7, 11) is 0. The molecule has 1 amide bonds. The molecule has 0 bridgehead atoms. The van der Waals surface area contributed by atoms with Gasteiger partial charge in [0.1, 0.15) is 13.2 Å². The van der Waals surface area contributed by atoms with E-state index in [0.717, 1.165) is 4.90 Å². The van der Waals surface area contributed by atoms with Gasteiger partial charge in [0.2, 0.25) is 5.91 Å². The molecule has 0 rings (SSSR count). The zero-order chi connectivity index (χ0) is 13.0. The van der Waals surface area contributed by atoms with Gasteiger partial charge in [-0.25, -0.2) is 0 Å². The second-order valence-electron chi connectivity index (χ2n) is 4.42. The molecule has 0 unspecified atom stereocenters. The van der Waals surface area contributed by atoms with Crippen LogP contribution in [0.3, 0.4) is 0 Å². The van der Waals surface area contributed by atoms with E-state index < -0.39 is 24.2 Å². The van der Waals surface area contributed by atoms with Crippen LogP contribution in [0.2, 0.25) is 0 Å². The van der Waals surface area contributed by atoms with Crippen molar-refractivity contribution in [1.29, 1.82) is 0 Å². The number of hydrogen-bond acceptors (Lipinski definition) is 2. The topological polar surface area (TPSA) is 29.5 Å². The molecule has 3 nitrogen and oxygen atoms in total. The van der Waals surface area contributed by atoms with Crippen LogP contribution in [0.1, 0.15) is 27.7 Å². The first kappa shape index (κ1) is 15.2. The van der Waals surface area contributed by atoms with Gasteiger partial charge in [-0.2, -0.15) is 13.2 Å². The minimum absolute atomic E-state index is 0.0197. The van der Waals surface area contributed by atoms with Gasteiger partial charge < -0.3 is 9.64 Å². The summed E-state index contributed by atoms with van der Waals surface area (Å²) in [4.78, 5) is 12.1. The van der Waals surface area contributed by atoms with Crippen molar-refractivity contribution in [3.05, 3.63) is 0 Å². The van der Waals surface area contributed by atoms with Crippen LogP contribution in [0, 0.1) is 0 Å². The Bertz CT molecular complexity index is 233. The Hall–Kier alpha value is -0.780. The van der Waals surface area contributed by atoms with Gasteiger partial charge >= 0.3 is 6.18 Å². The van der Waals surface area contributed by atoms with Crippen LogP contribution in [-0.4, -0.2) is 42.3 Å². The van der Waals surface area contributed by atoms with Crippen molar-refractivity contribution in [2.24, 2.45) is 0 Å². The number of hydrogen-bond donors (Lipinski definition) is 0. The molecule has 0 saturated heterocycles. The van der Waals surface area contributed by atoms with Crippen LogP contribution in [0.15, 0.2) is 0 Å². The summed E-state index contributed by atoms with van der Waals surface area (Å²) >= 11 is 0. The smallest absolute Gasteiger partial charge is 0.366 e. The molecule has 0 aromatic rings. The predicted octanol–water partition coefficient (Wildman–Crippen LogP) is 2.21. The third-order valence-corrected chi connectivity index (χ3v) is 1.73. The molecule has 0 radical (unpaired) electrons. The Morgan fingerprint density at radius 2 is 1.75 bits per heavy atom. The lowest BCUT2D eigenvalue weighted by molar-refractivity contribution is -0.165. The number of carbonyl (C=O) groups is 1. The largest absolute Gasteiger partial charge is 0.406 e. The van der Waals surface area contributed by atoms with E-state index in [1.165, 1.54) is 6.92 Å². The van der Waals surface area contributed by atoms with E-state index in [0.29, 0.717) is 0 Å². The quantitative estimate of drug-likeness (QED) is 0.755. The molecule has 0 saturated carbocycles. The predicted molar refractivity (Wildman–Crippen MR) is 54.0 cm³/mol. The van der Waals surface area contributed by atoms with E-state index in [1.807, 2.05) is 0 Å². The van der Waals surface area contributed by atoms with Crippen molar-refractivity contribution in [3.63, 3.8) is 0 Å². The molecule has 0 heterocycles. The first-order valence-electron chi connectivity index (χ1n) is 5.03. The highest BCUT2D eigenvalue weighted by Crippen LogP contribution is 2.16. The molecule has 0 aliphatic heterocycles. The minimum atomic E-state index is -4.37. The number of likely N-dealkylation sites (N-methyl/N-ethyl adjacent to an activating group) is 1. The number of amides is 1. The summed E-state index contributed by atoms with van der Waals surface area (Å²) < 4.78 is 41.4. The van der Waals surface area contributed by atoms with Crippen molar-refractivity contribution in [2.45, 2.75) is 39.5 Å². The van der Waals surface area contributed by atoms with Crippen LogP contribution in [0.5, 0.6) is 0 Å². The zero-order valence-corrected chi connectivity index (χ0v) is 10.0. The molecule has 6 heteroatoms. The number of carbonyl (C=O) groups excluding carboxylic acids is 1. The molecule has 0 aromatic heterocycles. The van der Waals surface area contributed by atoms with Gasteiger partial charge in [-0.15, -0.1) is 0 Å². The Morgan fingerprint density at radius 1 is 1.25 bits per heavy atom. The number of rotatable bonds is 4. The summed E-state index contributed by atoms with van der Waals surface area (Å²) in [6.07, 6.45) is -4.37. The number of halogens is 3. The molecule has 0 spiro atoms. The van der Waals surface area contributed by atoms with Crippen LogP contribution >= 0.6 is 0 Å². The van der Waals surface area contributed by atoms with E-state index >= 15 is 0 Å². The molecule has 0 aliphatic carbocycles. The number of ether oxygens (including phenoxy) is 1. The third kappa shape index (κ3) is 7.50. The molecule has 0 fully saturated rings. The maximum absolute atomic E-state index is 12.1. The Balaban J connectivity index is 4.22. The third-order valence-electron chi connectivity index (χ3n) is 1.73. The van der Waals surface area contributed by atoms with Crippen molar-refractivity contribution < 1.29 is 22.7 Å². The SMILES string of the molecule is CCN(CC(F)(F)F)C(=O)COC(C)(C)C. The fourth-order valence-electron chi connectivity index (χ4n) is 0.962. The summed E-state index contributed by atoms with van der Waals surface area (Å²) in [5, 5.41) is 0. The van der Waals surface area contributed by atoms with E-state index in [1.54, 1.807) is 20.8 Å². The van der Waals surface area contributed by atoms with Gasteiger partial charge in [-0.3, -0.25) is 4.79 Å². The first-order chi connectivity index (χ1) is 7.05. The standard InChI is InChI=1S/C10H18F3NO2/c1-5-14(7-10(11,12)13)8(15)6-16-9(2,3)4/h5-7H2,1-4H3. The van der Waals surface area contributed by atoms with Gasteiger partial charge in [0.25, 0.3) is 0 Å². The molecular weight excluding hydrogens is 223 g/mol. The van der Waals surface area contributed by atoms with Crippen LogP contribution in [0.4, 0.5) is 13.2 Å². The summed E-state index contributed by atoms with van der Waals surface area (Å²) in [6.45, 7) is 5.18. The average Bonchev–Trinajstić information content (AvgIpc) is 2.07. The van der Waals surface area contributed by atoms with E-state index in [-0.39, 0.29) is 13.2 Å². The highest BCUT2D eigenvalue weighted by molar-refractivity contribution is 5.77. The molecule has 0 aromatic carbocycles. The Kier molecular flexibility index (Phi) is 5.25. The Morgan fingerprint density at radius 3 is 2.06 bits per heavy atom. The lowest BCUT2D eigenvalue weighted by Crippen LogP contribution is -2.41. The van der Waals surface area contributed by atoms with Gasteiger partial charge in [-0.1, -0.05) is 0 Å². The van der Waals surface area contributed by atoms with E-state index in [2.05, 4.69) is 0 Å². The minimum Gasteiger partial charge on any atom is -0.366 e. The van der Waals surface area contributed by atoms with Crippen molar-refractivity contribution in [1.82, 2.24) is 4.90 Å². The van der Waals surface area contributed by atoms with Gasteiger partial charge in [0.15, 0.2) is 0 Å². The van der Waals surface area contributed by atoms with Crippen molar-refractivity contribution in [3.8, 4) is 0 Å². The van der Waals surface area contributed by atoms with Gasteiger partial charge in [0.05, 0.1) is 5.60 Å². The number of alkyl halides is 3. The summed E-state index contributed by atoms with van der Waals surface area (Å²) in [6, 6.07) is 0.